The summed E-state index contributed by atoms with van der Waals surface area (Å²) in [6, 6.07) is 9.57. The minimum Gasteiger partial charge on any atom is -0.464 e. The van der Waals surface area contributed by atoms with Gasteiger partial charge in [0.05, 0.1) is 17.6 Å². The number of carbonyl (C=O) groups is 1. The van der Waals surface area contributed by atoms with Gasteiger partial charge in [-0.25, -0.2) is 0 Å². The van der Waals surface area contributed by atoms with Gasteiger partial charge < -0.3 is 14.8 Å². The number of hydrogen-bond donors (Lipinski definition) is 2. The lowest BCUT2D eigenvalue weighted by atomic mass is 9.77. The summed E-state index contributed by atoms with van der Waals surface area (Å²) in [6.45, 7) is 7.54. The SMILES string of the molecule is C=Cc1cnc(-c2ccc(C(=O)N[C@H]3CC[C@H](C(C)(C)O)CC3)cc2)c2ccoc12. The lowest BCUT2D eigenvalue weighted by Crippen LogP contribution is -2.41. The van der Waals surface area contributed by atoms with E-state index in [0.29, 0.717) is 11.5 Å². The Balaban J connectivity index is 1.45. The van der Waals surface area contributed by atoms with E-state index in [0.717, 1.165) is 53.5 Å². The summed E-state index contributed by atoms with van der Waals surface area (Å²) in [7, 11) is 0. The van der Waals surface area contributed by atoms with Gasteiger partial charge in [0.1, 0.15) is 5.58 Å². The average molecular weight is 405 g/mol. The maximum Gasteiger partial charge on any atom is 0.251 e. The Morgan fingerprint density at radius 3 is 2.53 bits per heavy atom. The van der Waals surface area contributed by atoms with Crippen LogP contribution in [0.4, 0.5) is 0 Å². The Bertz CT molecular complexity index is 1050. The molecule has 1 amide bonds. The van der Waals surface area contributed by atoms with Crippen molar-refractivity contribution < 1.29 is 14.3 Å². The van der Waals surface area contributed by atoms with Gasteiger partial charge in [-0.3, -0.25) is 9.78 Å². The van der Waals surface area contributed by atoms with Crippen molar-refractivity contribution in [2.45, 2.75) is 51.2 Å². The second kappa shape index (κ2) is 8.07. The first-order valence-corrected chi connectivity index (χ1v) is 10.5. The van der Waals surface area contributed by atoms with Crippen LogP contribution in [0, 0.1) is 5.92 Å². The first-order valence-electron chi connectivity index (χ1n) is 10.5. The van der Waals surface area contributed by atoms with Crippen molar-refractivity contribution in [3.8, 4) is 11.3 Å². The van der Waals surface area contributed by atoms with Crippen molar-refractivity contribution in [1.82, 2.24) is 10.3 Å². The number of aliphatic hydroxyl groups is 1. The minimum absolute atomic E-state index is 0.0586. The van der Waals surface area contributed by atoms with Gasteiger partial charge in [0, 0.05) is 34.3 Å². The van der Waals surface area contributed by atoms with E-state index < -0.39 is 5.60 Å². The van der Waals surface area contributed by atoms with E-state index in [-0.39, 0.29) is 11.9 Å². The molecule has 2 N–H and O–H groups in total. The summed E-state index contributed by atoms with van der Waals surface area (Å²) in [6.07, 6.45) is 8.79. The number of fused-ring (bicyclic) bond motifs is 1. The smallest absolute Gasteiger partial charge is 0.251 e. The summed E-state index contributed by atoms with van der Waals surface area (Å²) < 4.78 is 5.59. The number of nitrogens with one attached hydrogen (secondary N) is 1. The number of furan rings is 1. The van der Waals surface area contributed by atoms with Gasteiger partial charge in [-0.05, 0) is 63.6 Å². The highest BCUT2D eigenvalue weighted by molar-refractivity contribution is 5.97. The molecular formula is C25H28N2O3. The standard InChI is InChI=1S/C25H28N2O3/c1-4-16-15-26-22(21-13-14-30-23(16)21)17-5-7-18(8-6-17)24(28)27-20-11-9-19(10-12-20)25(2,3)29/h4-8,13-15,19-20,29H,1,9-12H2,2-3H3,(H,27,28)/t19-,20-. The molecule has 156 valence electrons. The molecule has 0 spiro atoms. The molecule has 0 aliphatic heterocycles. The highest BCUT2D eigenvalue weighted by Gasteiger charge is 2.31. The third-order valence-corrected chi connectivity index (χ3v) is 6.22. The van der Waals surface area contributed by atoms with Gasteiger partial charge in [-0.1, -0.05) is 24.8 Å². The zero-order valence-corrected chi connectivity index (χ0v) is 17.5. The molecule has 0 unspecified atom stereocenters. The molecule has 2 aromatic heterocycles. The number of nitrogens with zero attached hydrogens (tertiary/aromatic N) is 1. The molecule has 1 saturated carbocycles. The third-order valence-electron chi connectivity index (χ3n) is 6.22. The van der Waals surface area contributed by atoms with Crippen molar-refractivity contribution in [2.24, 2.45) is 5.92 Å². The molecule has 5 nitrogen and oxygen atoms in total. The molecule has 4 rings (SSSR count). The normalized spacial score (nSPS) is 19.6. The summed E-state index contributed by atoms with van der Waals surface area (Å²) >= 11 is 0. The van der Waals surface area contributed by atoms with Gasteiger partial charge >= 0.3 is 0 Å². The van der Waals surface area contributed by atoms with E-state index in [9.17, 15) is 9.90 Å². The molecule has 1 aromatic carbocycles. The van der Waals surface area contributed by atoms with E-state index in [2.05, 4.69) is 16.9 Å². The van der Waals surface area contributed by atoms with Crippen molar-refractivity contribution in [2.75, 3.05) is 0 Å². The van der Waals surface area contributed by atoms with E-state index in [1.54, 1.807) is 18.5 Å². The molecule has 1 aliphatic rings. The van der Waals surface area contributed by atoms with Gasteiger partial charge in [-0.15, -0.1) is 0 Å². The van der Waals surface area contributed by atoms with Crippen LogP contribution in [0.1, 0.15) is 55.5 Å². The molecule has 3 aromatic rings. The Morgan fingerprint density at radius 2 is 1.90 bits per heavy atom. The largest absolute Gasteiger partial charge is 0.464 e. The first kappa shape index (κ1) is 20.4. The van der Waals surface area contributed by atoms with E-state index in [1.165, 1.54) is 0 Å². The molecule has 30 heavy (non-hydrogen) atoms. The number of benzene rings is 1. The monoisotopic (exact) mass is 404 g/mol. The Hall–Kier alpha value is -2.92. The molecule has 1 aliphatic carbocycles. The molecule has 0 radical (unpaired) electrons. The van der Waals surface area contributed by atoms with Crippen LogP contribution in [0.15, 0.2) is 53.8 Å². The fourth-order valence-electron chi connectivity index (χ4n) is 4.35. The van der Waals surface area contributed by atoms with Crippen LogP contribution in [-0.4, -0.2) is 27.6 Å². The van der Waals surface area contributed by atoms with Crippen LogP contribution in [0.3, 0.4) is 0 Å². The Morgan fingerprint density at radius 1 is 1.20 bits per heavy atom. The van der Waals surface area contributed by atoms with Gasteiger partial charge in [0.25, 0.3) is 5.91 Å². The zero-order chi connectivity index (χ0) is 21.3. The lowest BCUT2D eigenvalue weighted by molar-refractivity contribution is -0.00257. The van der Waals surface area contributed by atoms with Crippen LogP contribution < -0.4 is 5.32 Å². The highest BCUT2D eigenvalue weighted by Crippen LogP contribution is 2.33. The maximum atomic E-state index is 12.7. The molecule has 2 heterocycles. The molecule has 0 atom stereocenters. The van der Waals surface area contributed by atoms with Gasteiger partial charge in [-0.2, -0.15) is 0 Å². The molecule has 5 heteroatoms. The van der Waals surface area contributed by atoms with Crippen LogP contribution in [-0.2, 0) is 0 Å². The quantitative estimate of drug-likeness (QED) is 0.613. The summed E-state index contributed by atoms with van der Waals surface area (Å²) in [5.41, 5.74) is 3.35. The Labute approximate surface area is 176 Å². The second-order valence-corrected chi connectivity index (χ2v) is 8.68. The highest BCUT2D eigenvalue weighted by atomic mass is 16.3. The van der Waals surface area contributed by atoms with Gasteiger partial charge in [0.15, 0.2) is 0 Å². The fraction of sp³-hybridized carbons (Fsp3) is 0.360. The number of amides is 1. The number of hydrogen-bond acceptors (Lipinski definition) is 4. The first-order chi connectivity index (χ1) is 14.4. The predicted molar refractivity (Wildman–Crippen MR) is 119 cm³/mol. The van der Waals surface area contributed by atoms with E-state index in [1.807, 2.05) is 44.2 Å². The summed E-state index contributed by atoms with van der Waals surface area (Å²) in [5.74, 6) is 0.237. The predicted octanol–water partition coefficient (Wildman–Crippen LogP) is 5.20. The summed E-state index contributed by atoms with van der Waals surface area (Å²) in [5, 5.41) is 14.3. The summed E-state index contributed by atoms with van der Waals surface area (Å²) in [4.78, 5) is 17.3. The van der Waals surface area contributed by atoms with E-state index >= 15 is 0 Å². The lowest BCUT2D eigenvalue weighted by Gasteiger charge is -2.36. The third kappa shape index (κ3) is 4.03. The minimum atomic E-state index is -0.650. The molecule has 0 bridgehead atoms. The number of pyridine rings is 1. The van der Waals surface area contributed by atoms with Crippen LogP contribution in [0.5, 0.6) is 0 Å². The van der Waals surface area contributed by atoms with Crippen molar-refractivity contribution in [3.63, 3.8) is 0 Å². The molecule has 0 saturated heterocycles. The van der Waals surface area contributed by atoms with Crippen molar-refractivity contribution >= 4 is 23.0 Å². The van der Waals surface area contributed by atoms with Crippen LogP contribution >= 0.6 is 0 Å². The topological polar surface area (TPSA) is 75.4 Å². The second-order valence-electron chi connectivity index (χ2n) is 8.68. The number of carbonyl (C=O) groups excluding carboxylic acids is 1. The maximum absolute atomic E-state index is 12.7. The van der Waals surface area contributed by atoms with Crippen LogP contribution in [0.2, 0.25) is 0 Å². The number of rotatable bonds is 5. The van der Waals surface area contributed by atoms with Crippen molar-refractivity contribution in [1.29, 1.82) is 0 Å². The zero-order valence-electron chi connectivity index (χ0n) is 17.5. The van der Waals surface area contributed by atoms with Crippen LogP contribution in [0.25, 0.3) is 28.3 Å². The molecular weight excluding hydrogens is 376 g/mol. The average Bonchev–Trinajstić information content (AvgIpc) is 3.23. The fourth-order valence-corrected chi connectivity index (χ4v) is 4.35. The Kier molecular flexibility index (Phi) is 5.48. The number of aromatic nitrogens is 1. The van der Waals surface area contributed by atoms with Gasteiger partial charge in [0.2, 0.25) is 0 Å². The van der Waals surface area contributed by atoms with Crippen molar-refractivity contribution in [3.05, 3.63) is 60.5 Å². The molecule has 1 fully saturated rings. The van der Waals surface area contributed by atoms with E-state index in [4.69, 9.17) is 4.42 Å².